The molecular formula is C9H7ClN2O. The van der Waals surface area contributed by atoms with E-state index in [1.54, 1.807) is 25.1 Å². The predicted molar refractivity (Wildman–Crippen MR) is 48.5 cm³/mol. The topological polar surface area (TPSA) is 53.8 Å². The zero-order valence-electron chi connectivity index (χ0n) is 7.04. The van der Waals surface area contributed by atoms with Crippen LogP contribution in [-0.2, 0) is 0 Å². The van der Waals surface area contributed by atoms with E-state index >= 15 is 0 Å². The first kappa shape index (κ1) is 9.69. The number of carbonyl (C=O) groups is 1. The second-order valence-electron chi connectivity index (χ2n) is 2.55. The third-order valence-electron chi connectivity index (χ3n) is 1.53. The molecule has 1 aromatic rings. The first-order chi connectivity index (χ1) is 6.15. The number of nitriles is 1. The number of nitrogens with zero attached hydrogens (tertiary/aromatic N) is 2. The summed E-state index contributed by atoms with van der Waals surface area (Å²) in [5.41, 5.74) is 1.06. The lowest BCUT2D eigenvalue weighted by molar-refractivity contribution is 0.0997. The average Bonchev–Trinajstić information content (AvgIpc) is 2.04. The molecule has 0 atom stereocenters. The number of rotatable bonds is 2. The average molecular weight is 195 g/mol. The normalized spacial score (nSPS) is 9.31. The van der Waals surface area contributed by atoms with Gasteiger partial charge in [0.05, 0.1) is 18.1 Å². The zero-order valence-corrected chi connectivity index (χ0v) is 7.80. The molecule has 0 bridgehead atoms. The van der Waals surface area contributed by atoms with Crippen LogP contribution in [0.5, 0.6) is 0 Å². The third-order valence-corrected chi connectivity index (χ3v) is 1.82. The quantitative estimate of drug-likeness (QED) is 0.536. The van der Waals surface area contributed by atoms with E-state index in [1.807, 2.05) is 0 Å². The maximum atomic E-state index is 11.2. The first-order valence-electron chi connectivity index (χ1n) is 3.68. The van der Waals surface area contributed by atoms with Gasteiger partial charge in [0, 0.05) is 5.69 Å². The molecule has 1 heterocycles. The Hall–Kier alpha value is -1.40. The Morgan fingerprint density at radius 1 is 1.69 bits per heavy atom. The lowest BCUT2D eigenvalue weighted by atomic mass is 10.1. The molecule has 0 saturated heterocycles. The predicted octanol–water partition coefficient (Wildman–Crippen LogP) is 2.14. The van der Waals surface area contributed by atoms with E-state index in [0.29, 0.717) is 5.56 Å². The van der Waals surface area contributed by atoms with Crippen molar-refractivity contribution in [3.63, 3.8) is 0 Å². The van der Waals surface area contributed by atoms with Crippen molar-refractivity contribution in [2.45, 2.75) is 13.3 Å². The minimum Gasteiger partial charge on any atom is -0.293 e. The summed E-state index contributed by atoms with van der Waals surface area (Å²) in [7, 11) is 0. The van der Waals surface area contributed by atoms with Crippen LogP contribution in [0.4, 0.5) is 0 Å². The first-order valence-corrected chi connectivity index (χ1v) is 4.06. The molecule has 13 heavy (non-hydrogen) atoms. The lowest BCUT2D eigenvalue weighted by Gasteiger charge is -1.99. The van der Waals surface area contributed by atoms with Gasteiger partial charge in [-0.1, -0.05) is 11.6 Å². The van der Waals surface area contributed by atoms with Crippen LogP contribution in [0.1, 0.15) is 22.5 Å². The number of Topliss-reactive ketones (excluding diaryl/α,β-unsaturated/α-hetero) is 1. The van der Waals surface area contributed by atoms with E-state index in [9.17, 15) is 4.79 Å². The lowest BCUT2D eigenvalue weighted by Crippen LogP contribution is -2.00. The molecule has 0 aliphatic heterocycles. The van der Waals surface area contributed by atoms with Crippen LogP contribution in [0, 0.1) is 18.3 Å². The highest BCUT2D eigenvalue weighted by Gasteiger charge is 2.10. The fourth-order valence-corrected chi connectivity index (χ4v) is 1.20. The van der Waals surface area contributed by atoms with E-state index in [2.05, 4.69) is 4.98 Å². The molecule has 0 unspecified atom stereocenters. The fraction of sp³-hybridized carbons (Fsp3) is 0.222. The molecule has 0 aliphatic carbocycles. The van der Waals surface area contributed by atoms with Crippen molar-refractivity contribution in [3.05, 3.63) is 28.5 Å². The molecule has 0 fully saturated rings. The van der Waals surface area contributed by atoms with Crippen LogP contribution in [0.3, 0.4) is 0 Å². The number of hydrogen-bond donors (Lipinski definition) is 0. The van der Waals surface area contributed by atoms with Gasteiger partial charge in [0.2, 0.25) is 0 Å². The van der Waals surface area contributed by atoms with Gasteiger partial charge >= 0.3 is 0 Å². The van der Waals surface area contributed by atoms with Crippen molar-refractivity contribution < 1.29 is 4.79 Å². The summed E-state index contributed by atoms with van der Waals surface area (Å²) in [5.74, 6) is -0.292. The molecule has 0 radical (unpaired) electrons. The number of halogens is 1. The molecule has 3 nitrogen and oxygen atoms in total. The van der Waals surface area contributed by atoms with Gasteiger partial charge in [-0.25, -0.2) is 4.98 Å². The van der Waals surface area contributed by atoms with Crippen LogP contribution < -0.4 is 0 Å². The molecule has 0 saturated carbocycles. The van der Waals surface area contributed by atoms with Crippen molar-refractivity contribution in [2.75, 3.05) is 0 Å². The second kappa shape index (κ2) is 4.01. The van der Waals surface area contributed by atoms with Gasteiger partial charge in [-0.3, -0.25) is 4.79 Å². The molecular weight excluding hydrogens is 188 g/mol. The van der Waals surface area contributed by atoms with Crippen LogP contribution in [0.15, 0.2) is 12.1 Å². The van der Waals surface area contributed by atoms with Crippen molar-refractivity contribution in [2.24, 2.45) is 0 Å². The van der Waals surface area contributed by atoms with Gasteiger partial charge in [0.1, 0.15) is 5.15 Å². The molecule has 0 amide bonds. The SMILES string of the molecule is Cc1ccc(C(=O)CC#N)c(Cl)n1. The summed E-state index contributed by atoms with van der Waals surface area (Å²) in [6, 6.07) is 5.05. The largest absolute Gasteiger partial charge is 0.293 e. The number of aryl methyl sites for hydroxylation is 1. The Labute approximate surface area is 81.0 Å². The van der Waals surface area contributed by atoms with Gasteiger partial charge in [-0.15, -0.1) is 0 Å². The fourth-order valence-electron chi connectivity index (χ4n) is 0.900. The molecule has 0 spiro atoms. The van der Waals surface area contributed by atoms with Crippen LogP contribution >= 0.6 is 11.6 Å². The summed E-state index contributed by atoms with van der Waals surface area (Å²) in [6.07, 6.45) is -0.162. The monoisotopic (exact) mass is 194 g/mol. The molecule has 0 aliphatic rings. The minimum absolute atomic E-state index is 0.162. The molecule has 1 rings (SSSR count). The maximum Gasteiger partial charge on any atom is 0.179 e. The number of pyridine rings is 1. The minimum atomic E-state index is -0.292. The Morgan fingerprint density at radius 3 is 2.92 bits per heavy atom. The van der Waals surface area contributed by atoms with Crippen LogP contribution in [-0.4, -0.2) is 10.8 Å². The van der Waals surface area contributed by atoms with Crippen molar-refractivity contribution in [3.8, 4) is 6.07 Å². The Morgan fingerprint density at radius 2 is 2.38 bits per heavy atom. The third kappa shape index (κ3) is 2.27. The molecule has 0 N–H and O–H groups in total. The Bertz CT molecular complexity index is 382. The molecule has 1 aromatic heterocycles. The summed E-state index contributed by atoms with van der Waals surface area (Å²) in [6.45, 7) is 1.78. The Kier molecular flexibility index (Phi) is 2.99. The van der Waals surface area contributed by atoms with E-state index in [-0.39, 0.29) is 17.4 Å². The molecule has 0 aromatic carbocycles. The van der Waals surface area contributed by atoms with Crippen molar-refractivity contribution in [1.82, 2.24) is 4.98 Å². The van der Waals surface area contributed by atoms with Gasteiger partial charge in [-0.05, 0) is 19.1 Å². The molecule has 4 heteroatoms. The van der Waals surface area contributed by atoms with Crippen LogP contribution in [0.2, 0.25) is 5.15 Å². The number of ketones is 1. The number of aromatic nitrogens is 1. The maximum absolute atomic E-state index is 11.2. The molecule has 66 valence electrons. The summed E-state index contributed by atoms with van der Waals surface area (Å²) in [5, 5.41) is 8.48. The summed E-state index contributed by atoms with van der Waals surface area (Å²) in [4.78, 5) is 15.1. The summed E-state index contributed by atoms with van der Waals surface area (Å²) >= 11 is 5.72. The second-order valence-corrected chi connectivity index (χ2v) is 2.91. The van der Waals surface area contributed by atoms with E-state index in [0.717, 1.165) is 5.69 Å². The van der Waals surface area contributed by atoms with Crippen molar-refractivity contribution in [1.29, 1.82) is 5.26 Å². The summed E-state index contributed by atoms with van der Waals surface area (Å²) < 4.78 is 0. The number of carbonyl (C=O) groups excluding carboxylic acids is 1. The van der Waals surface area contributed by atoms with Gasteiger partial charge in [-0.2, -0.15) is 5.26 Å². The highest BCUT2D eigenvalue weighted by atomic mass is 35.5. The van der Waals surface area contributed by atoms with E-state index in [4.69, 9.17) is 16.9 Å². The van der Waals surface area contributed by atoms with Gasteiger partial charge < -0.3 is 0 Å². The van der Waals surface area contributed by atoms with E-state index in [1.165, 1.54) is 0 Å². The van der Waals surface area contributed by atoms with Gasteiger partial charge in [0.15, 0.2) is 5.78 Å². The Balaban J connectivity index is 3.03. The number of hydrogen-bond acceptors (Lipinski definition) is 3. The van der Waals surface area contributed by atoms with E-state index < -0.39 is 0 Å². The standard InChI is InChI=1S/C9H7ClN2O/c1-6-2-3-7(9(10)12-6)8(13)4-5-11/h2-3H,4H2,1H3. The van der Waals surface area contributed by atoms with Crippen molar-refractivity contribution >= 4 is 17.4 Å². The zero-order chi connectivity index (χ0) is 9.84. The highest BCUT2D eigenvalue weighted by Crippen LogP contribution is 2.15. The van der Waals surface area contributed by atoms with Gasteiger partial charge in [0.25, 0.3) is 0 Å². The highest BCUT2D eigenvalue weighted by molar-refractivity contribution is 6.32. The smallest absolute Gasteiger partial charge is 0.179 e. The van der Waals surface area contributed by atoms with Crippen LogP contribution in [0.25, 0.3) is 0 Å².